The van der Waals surface area contributed by atoms with Gasteiger partial charge in [-0.3, -0.25) is 14.5 Å². The Morgan fingerprint density at radius 2 is 1.97 bits per heavy atom. The quantitative estimate of drug-likeness (QED) is 0.517. The average molecular weight is 429 g/mol. The van der Waals surface area contributed by atoms with Gasteiger partial charge in [0.15, 0.2) is 10.6 Å². The smallest absolute Gasteiger partial charge is 0.221 e. The van der Waals surface area contributed by atoms with Crippen LogP contribution in [0.4, 0.5) is 0 Å². The molecule has 5 nitrogen and oxygen atoms in total. The molecule has 0 bridgehead atoms. The van der Waals surface area contributed by atoms with Crippen LogP contribution >= 0.6 is 23.8 Å². The molecule has 0 unspecified atom stereocenters. The van der Waals surface area contributed by atoms with E-state index in [0.29, 0.717) is 29.3 Å². The molecule has 0 aliphatic carbocycles. The van der Waals surface area contributed by atoms with E-state index in [1.807, 2.05) is 54.0 Å². The molecule has 0 atom stereocenters. The predicted molar refractivity (Wildman–Crippen MR) is 120 cm³/mol. The first-order valence-electron chi connectivity index (χ1n) is 9.51. The molecule has 152 valence electrons. The fourth-order valence-corrected chi connectivity index (χ4v) is 3.50. The molecule has 1 heterocycles. The molecular weight excluding hydrogens is 404 g/mol. The fourth-order valence-electron chi connectivity index (χ4n) is 3.15. The van der Waals surface area contributed by atoms with E-state index in [-0.39, 0.29) is 11.3 Å². The molecule has 1 amide bonds. The van der Waals surface area contributed by atoms with E-state index in [2.05, 4.69) is 35.4 Å². The minimum absolute atomic E-state index is 0.0228. The van der Waals surface area contributed by atoms with Gasteiger partial charge in [-0.15, -0.1) is 0 Å². The van der Waals surface area contributed by atoms with Gasteiger partial charge in [0.05, 0.1) is 0 Å². The van der Waals surface area contributed by atoms with E-state index in [0.717, 1.165) is 22.5 Å². The minimum Gasteiger partial charge on any atom is -0.355 e. The lowest BCUT2D eigenvalue weighted by Gasteiger charge is -2.25. The molecule has 2 aromatic carbocycles. The summed E-state index contributed by atoms with van der Waals surface area (Å²) in [5, 5.41) is 10.9. The van der Waals surface area contributed by atoms with Crippen LogP contribution in [0.1, 0.15) is 31.4 Å². The monoisotopic (exact) mass is 428 g/mol. The Labute approximate surface area is 181 Å². The Morgan fingerprint density at radius 3 is 2.66 bits per heavy atom. The summed E-state index contributed by atoms with van der Waals surface area (Å²) in [4.78, 5) is 12.5. The number of amides is 1. The first kappa shape index (κ1) is 21.3. The lowest BCUT2D eigenvalue weighted by Crippen LogP contribution is -2.37. The fraction of sp³-hybridized carbons (Fsp3) is 0.318. The molecule has 1 aromatic heterocycles. The van der Waals surface area contributed by atoms with Crippen molar-refractivity contribution in [1.29, 1.82) is 0 Å². The summed E-state index contributed by atoms with van der Waals surface area (Å²) in [5.41, 5.74) is 3.05. The second-order valence-corrected chi connectivity index (χ2v) is 8.61. The molecule has 0 radical (unpaired) electrons. The normalized spacial score (nSPS) is 11.4. The zero-order valence-corrected chi connectivity index (χ0v) is 18.4. The van der Waals surface area contributed by atoms with Crippen molar-refractivity contribution in [3.05, 3.63) is 69.5 Å². The number of H-pyrrole nitrogens is 1. The van der Waals surface area contributed by atoms with E-state index in [4.69, 9.17) is 23.8 Å². The topological polar surface area (TPSA) is 62.7 Å². The van der Waals surface area contributed by atoms with Crippen LogP contribution in [0.3, 0.4) is 0 Å². The molecule has 0 aliphatic rings. The number of rotatable bonds is 7. The zero-order valence-electron chi connectivity index (χ0n) is 16.8. The summed E-state index contributed by atoms with van der Waals surface area (Å²) in [5.74, 6) is 0.721. The van der Waals surface area contributed by atoms with Gasteiger partial charge in [0, 0.05) is 35.5 Å². The second-order valence-electron chi connectivity index (χ2n) is 7.79. The Hall–Kier alpha value is -2.44. The summed E-state index contributed by atoms with van der Waals surface area (Å²) >= 11 is 11.3. The highest BCUT2D eigenvalue weighted by Gasteiger charge is 2.21. The van der Waals surface area contributed by atoms with Crippen molar-refractivity contribution in [3.63, 3.8) is 0 Å². The molecule has 29 heavy (non-hydrogen) atoms. The summed E-state index contributed by atoms with van der Waals surface area (Å²) in [6.45, 7) is 7.23. The number of hydrogen-bond acceptors (Lipinski definition) is 3. The Kier molecular flexibility index (Phi) is 6.55. The molecular formula is C22H25ClN4OS. The average Bonchev–Trinajstić information content (AvgIpc) is 3.05. The van der Waals surface area contributed by atoms with Gasteiger partial charge in [-0.2, -0.15) is 5.10 Å². The second kappa shape index (κ2) is 8.93. The van der Waals surface area contributed by atoms with Crippen LogP contribution in [0.2, 0.25) is 5.02 Å². The van der Waals surface area contributed by atoms with Gasteiger partial charge >= 0.3 is 0 Å². The molecule has 3 aromatic rings. The highest BCUT2D eigenvalue weighted by Crippen LogP contribution is 2.24. The summed E-state index contributed by atoms with van der Waals surface area (Å²) in [6.07, 6.45) is 0.323. The maximum absolute atomic E-state index is 12.5. The summed E-state index contributed by atoms with van der Waals surface area (Å²) in [6, 6.07) is 15.8. The molecule has 0 saturated carbocycles. The molecule has 0 fully saturated rings. The van der Waals surface area contributed by atoms with Gasteiger partial charge in [-0.1, -0.05) is 61.3 Å². The highest BCUT2D eigenvalue weighted by atomic mass is 35.5. The van der Waals surface area contributed by atoms with Gasteiger partial charge in [-0.05, 0) is 42.9 Å². The van der Waals surface area contributed by atoms with Crippen molar-refractivity contribution in [1.82, 2.24) is 20.1 Å². The third-order valence-electron chi connectivity index (χ3n) is 4.95. The number of aromatic nitrogens is 3. The number of aromatic amines is 1. The standard InChI is InChI=1S/C22H25ClN4OS/c1-15-5-4-6-16(13-15)20-25-26-21(29)27(20)12-11-19(28)24-14-22(2,3)17-7-9-18(23)10-8-17/h4-10,13H,11-12,14H2,1-3H3,(H,24,28)(H,26,29). The minimum atomic E-state index is -0.196. The van der Waals surface area contributed by atoms with Gasteiger partial charge < -0.3 is 5.32 Å². The van der Waals surface area contributed by atoms with Crippen LogP contribution in [0.15, 0.2) is 48.5 Å². The van der Waals surface area contributed by atoms with Crippen LogP contribution < -0.4 is 5.32 Å². The van der Waals surface area contributed by atoms with Gasteiger partial charge in [0.1, 0.15) is 0 Å². The van der Waals surface area contributed by atoms with Crippen molar-refractivity contribution >= 4 is 29.7 Å². The molecule has 0 saturated heterocycles. The SMILES string of the molecule is Cc1cccc(-c2n[nH]c(=S)n2CCC(=O)NCC(C)(C)c2ccc(Cl)cc2)c1. The van der Waals surface area contributed by atoms with E-state index < -0.39 is 0 Å². The Morgan fingerprint density at radius 1 is 1.24 bits per heavy atom. The Balaban J connectivity index is 1.62. The van der Waals surface area contributed by atoms with E-state index in [9.17, 15) is 4.79 Å². The Bertz CT molecular complexity index is 1050. The number of hydrogen-bond donors (Lipinski definition) is 2. The number of carbonyl (C=O) groups excluding carboxylic acids is 1. The zero-order chi connectivity index (χ0) is 21.0. The van der Waals surface area contributed by atoms with Crippen LogP contribution in [-0.4, -0.2) is 27.2 Å². The van der Waals surface area contributed by atoms with Gasteiger partial charge in [0.25, 0.3) is 0 Å². The third kappa shape index (κ3) is 5.34. The van der Waals surface area contributed by atoms with Crippen molar-refractivity contribution in [3.8, 4) is 11.4 Å². The van der Waals surface area contributed by atoms with Crippen molar-refractivity contribution in [2.75, 3.05) is 6.54 Å². The number of nitrogens with zero attached hydrogens (tertiary/aromatic N) is 2. The maximum Gasteiger partial charge on any atom is 0.221 e. The lowest BCUT2D eigenvalue weighted by molar-refractivity contribution is -0.121. The summed E-state index contributed by atoms with van der Waals surface area (Å²) in [7, 11) is 0. The van der Waals surface area contributed by atoms with Crippen LogP contribution in [0, 0.1) is 11.7 Å². The third-order valence-corrected chi connectivity index (χ3v) is 5.51. The predicted octanol–water partition coefficient (Wildman–Crippen LogP) is 5.05. The van der Waals surface area contributed by atoms with Gasteiger partial charge in [-0.25, -0.2) is 0 Å². The number of carbonyl (C=O) groups is 1. The van der Waals surface area contributed by atoms with E-state index in [1.54, 1.807) is 0 Å². The van der Waals surface area contributed by atoms with E-state index in [1.165, 1.54) is 0 Å². The van der Waals surface area contributed by atoms with Crippen LogP contribution in [0.25, 0.3) is 11.4 Å². The number of aryl methyl sites for hydroxylation is 1. The first-order valence-corrected chi connectivity index (χ1v) is 10.3. The molecule has 0 aliphatic heterocycles. The molecule has 3 rings (SSSR count). The van der Waals surface area contributed by atoms with Crippen LogP contribution in [-0.2, 0) is 16.8 Å². The largest absolute Gasteiger partial charge is 0.355 e. The van der Waals surface area contributed by atoms with Crippen molar-refractivity contribution < 1.29 is 4.79 Å². The molecule has 2 N–H and O–H groups in total. The van der Waals surface area contributed by atoms with Crippen molar-refractivity contribution in [2.24, 2.45) is 0 Å². The number of benzene rings is 2. The summed E-state index contributed by atoms with van der Waals surface area (Å²) < 4.78 is 2.38. The van der Waals surface area contributed by atoms with Crippen molar-refractivity contribution in [2.45, 2.75) is 39.2 Å². The first-order chi connectivity index (χ1) is 13.8. The lowest BCUT2D eigenvalue weighted by atomic mass is 9.84. The maximum atomic E-state index is 12.5. The highest BCUT2D eigenvalue weighted by molar-refractivity contribution is 7.71. The van der Waals surface area contributed by atoms with E-state index >= 15 is 0 Å². The number of halogens is 1. The van der Waals surface area contributed by atoms with Gasteiger partial charge in [0.2, 0.25) is 5.91 Å². The molecule has 0 spiro atoms. The van der Waals surface area contributed by atoms with Crippen LogP contribution in [0.5, 0.6) is 0 Å². The molecule has 7 heteroatoms. The number of nitrogens with one attached hydrogen (secondary N) is 2.